The molecule has 2 aliphatic heterocycles. The number of anilines is 3. The molecular weight excluding hydrogens is 453 g/mol. The number of nitrogens with zero attached hydrogens (tertiary/aromatic N) is 7. The van der Waals surface area contributed by atoms with Crippen LogP contribution in [0.4, 0.5) is 26.4 Å². The van der Waals surface area contributed by atoms with E-state index in [2.05, 4.69) is 25.9 Å². The van der Waals surface area contributed by atoms with Crippen LogP contribution in [0, 0.1) is 17.1 Å². The highest BCUT2D eigenvalue weighted by Crippen LogP contribution is 2.30. The lowest BCUT2D eigenvalue weighted by atomic mass is 10.2. The molecule has 0 radical (unpaired) electrons. The molecule has 2 aliphatic rings. The van der Waals surface area contributed by atoms with Crippen LogP contribution in [-0.2, 0) is 4.74 Å². The second-order valence-corrected chi connectivity index (χ2v) is 8.08. The Hall–Kier alpha value is -4.46. The van der Waals surface area contributed by atoms with Gasteiger partial charge in [0.15, 0.2) is 0 Å². The van der Waals surface area contributed by atoms with E-state index in [-0.39, 0.29) is 13.2 Å². The third-order valence-electron chi connectivity index (χ3n) is 5.95. The Kier molecular flexibility index (Phi) is 6.26. The predicted octanol–water partition coefficient (Wildman–Crippen LogP) is 2.61. The smallest absolute Gasteiger partial charge is 0.414 e. The highest BCUT2D eigenvalue weighted by molar-refractivity contribution is 5.90. The molecular formula is C24H22FN7O3. The Balaban J connectivity index is 1.24. The number of pyridine rings is 1. The zero-order valence-electron chi connectivity index (χ0n) is 18.7. The van der Waals surface area contributed by atoms with Crippen molar-refractivity contribution in [2.75, 3.05) is 54.1 Å². The van der Waals surface area contributed by atoms with E-state index in [0.29, 0.717) is 49.0 Å². The number of piperazine rings is 1. The maximum absolute atomic E-state index is 15.2. The Labute approximate surface area is 201 Å². The van der Waals surface area contributed by atoms with E-state index in [4.69, 9.17) is 14.7 Å². The first-order valence-electron chi connectivity index (χ1n) is 11.1. The van der Waals surface area contributed by atoms with Crippen molar-refractivity contribution in [1.82, 2.24) is 15.0 Å². The molecule has 1 atom stereocenters. The maximum atomic E-state index is 15.2. The topological polar surface area (TPSA) is 108 Å². The van der Waals surface area contributed by atoms with Crippen molar-refractivity contribution in [2.24, 2.45) is 0 Å². The highest BCUT2D eigenvalue weighted by Gasteiger charge is 2.35. The molecule has 1 aromatic carbocycles. The van der Waals surface area contributed by atoms with Crippen molar-refractivity contribution in [3.05, 3.63) is 66.5 Å². The molecule has 0 unspecified atom stereocenters. The fourth-order valence-corrected chi connectivity index (χ4v) is 4.16. The number of ether oxygens (including phenoxy) is 2. The number of amides is 1. The van der Waals surface area contributed by atoms with Crippen LogP contribution in [0.15, 0.2) is 55.1 Å². The molecule has 10 nitrogen and oxygen atoms in total. The number of hydrogen-bond acceptors (Lipinski definition) is 9. The van der Waals surface area contributed by atoms with Gasteiger partial charge in [0.1, 0.15) is 37.0 Å². The molecule has 5 rings (SSSR count). The van der Waals surface area contributed by atoms with E-state index >= 15 is 4.39 Å². The zero-order valence-corrected chi connectivity index (χ0v) is 18.7. The normalized spacial score (nSPS) is 17.8. The van der Waals surface area contributed by atoms with Gasteiger partial charge in [-0.05, 0) is 30.3 Å². The van der Waals surface area contributed by atoms with E-state index in [1.165, 1.54) is 29.6 Å². The lowest BCUT2D eigenvalue weighted by Crippen LogP contribution is -2.47. The molecule has 0 saturated carbocycles. The first kappa shape index (κ1) is 22.3. The number of halogens is 1. The van der Waals surface area contributed by atoms with Crippen molar-refractivity contribution in [3.63, 3.8) is 0 Å². The Morgan fingerprint density at radius 2 is 1.91 bits per heavy atom. The first-order chi connectivity index (χ1) is 17.1. The average molecular weight is 475 g/mol. The van der Waals surface area contributed by atoms with Gasteiger partial charge in [0.25, 0.3) is 0 Å². The summed E-state index contributed by atoms with van der Waals surface area (Å²) in [5.74, 6) is 0.714. The van der Waals surface area contributed by atoms with Crippen LogP contribution in [0.1, 0.15) is 5.56 Å². The van der Waals surface area contributed by atoms with Crippen LogP contribution in [0.5, 0.6) is 5.88 Å². The second kappa shape index (κ2) is 9.80. The summed E-state index contributed by atoms with van der Waals surface area (Å²) in [7, 11) is 0. The minimum atomic E-state index is -0.548. The molecule has 2 saturated heterocycles. The second-order valence-electron chi connectivity index (χ2n) is 8.08. The van der Waals surface area contributed by atoms with Gasteiger partial charge < -0.3 is 19.3 Å². The van der Waals surface area contributed by atoms with Crippen LogP contribution >= 0.6 is 0 Å². The van der Waals surface area contributed by atoms with E-state index < -0.39 is 18.0 Å². The fraction of sp³-hybridized carbons (Fsp3) is 0.292. The molecule has 178 valence electrons. The minimum absolute atomic E-state index is 0.133. The fourth-order valence-electron chi connectivity index (χ4n) is 4.16. The molecule has 0 spiro atoms. The van der Waals surface area contributed by atoms with Crippen LogP contribution in [0.2, 0.25) is 0 Å². The Morgan fingerprint density at radius 1 is 1.09 bits per heavy atom. The Morgan fingerprint density at radius 3 is 2.60 bits per heavy atom. The van der Waals surface area contributed by atoms with Crippen molar-refractivity contribution < 1.29 is 18.7 Å². The quantitative estimate of drug-likeness (QED) is 0.532. The molecule has 3 aromatic rings. The predicted molar refractivity (Wildman–Crippen MR) is 125 cm³/mol. The van der Waals surface area contributed by atoms with Gasteiger partial charge in [0, 0.05) is 44.8 Å². The molecule has 0 N–H and O–H groups in total. The van der Waals surface area contributed by atoms with Crippen molar-refractivity contribution in [1.29, 1.82) is 5.26 Å². The summed E-state index contributed by atoms with van der Waals surface area (Å²) < 4.78 is 26.0. The number of rotatable bonds is 6. The summed E-state index contributed by atoms with van der Waals surface area (Å²) in [6.07, 6.45) is 5.53. The van der Waals surface area contributed by atoms with Gasteiger partial charge in [-0.25, -0.2) is 19.2 Å². The first-order valence-corrected chi connectivity index (χ1v) is 11.1. The monoisotopic (exact) mass is 475 g/mol. The number of benzene rings is 1. The third-order valence-corrected chi connectivity index (χ3v) is 5.95. The van der Waals surface area contributed by atoms with Gasteiger partial charge in [0.2, 0.25) is 5.88 Å². The van der Waals surface area contributed by atoms with Gasteiger partial charge in [0.05, 0.1) is 23.1 Å². The summed E-state index contributed by atoms with van der Waals surface area (Å²) in [5.41, 5.74) is 1.39. The molecule has 4 heterocycles. The van der Waals surface area contributed by atoms with Gasteiger partial charge >= 0.3 is 6.09 Å². The summed E-state index contributed by atoms with van der Waals surface area (Å²) >= 11 is 0. The van der Waals surface area contributed by atoms with Crippen molar-refractivity contribution in [2.45, 2.75) is 6.04 Å². The summed E-state index contributed by atoms with van der Waals surface area (Å²) in [5, 5.41) is 8.93. The molecule has 0 bridgehead atoms. The zero-order chi connectivity index (χ0) is 24.2. The lowest BCUT2D eigenvalue weighted by Gasteiger charge is -2.37. The van der Waals surface area contributed by atoms with E-state index in [1.54, 1.807) is 24.4 Å². The van der Waals surface area contributed by atoms with E-state index in [0.717, 1.165) is 5.82 Å². The van der Waals surface area contributed by atoms with Crippen molar-refractivity contribution in [3.8, 4) is 11.9 Å². The third kappa shape index (κ3) is 4.77. The van der Waals surface area contributed by atoms with Crippen LogP contribution in [0.3, 0.4) is 0 Å². The summed E-state index contributed by atoms with van der Waals surface area (Å²) in [6.45, 7) is 2.82. The van der Waals surface area contributed by atoms with Gasteiger partial charge in [-0.15, -0.1) is 0 Å². The van der Waals surface area contributed by atoms with E-state index in [9.17, 15) is 4.79 Å². The molecule has 2 fully saturated rings. The van der Waals surface area contributed by atoms with E-state index in [1.807, 2.05) is 11.0 Å². The number of aromatic nitrogens is 3. The summed E-state index contributed by atoms with van der Waals surface area (Å²) in [4.78, 5) is 30.2. The molecule has 1 amide bonds. The van der Waals surface area contributed by atoms with Crippen LogP contribution in [-0.4, -0.2) is 66.5 Å². The number of carbonyl (C=O) groups excluding carboxylic acids is 1. The standard InChI is InChI=1S/C24H22FN7O3/c25-20-11-18(32-19(16-35-24(32)33)15-34-23-14-27-5-6-28-23)2-3-21(20)30-7-9-31(10-8-30)22-4-1-17(12-26)13-29-22/h1-6,11,13-14,19H,7-10,15-16H2/t19-/m1/s1. The number of nitriles is 1. The largest absolute Gasteiger partial charge is 0.474 e. The molecule has 2 aromatic heterocycles. The number of cyclic esters (lactones) is 1. The van der Waals surface area contributed by atoms with Gasteiger partial charge in [-0.1, -0.05) is 0 Å². The maximum Gasteiger partial charge on any atom is 0.414 e. The lowest BCUT2D eigenvalue weighted by molar-refractivity contribution is 0.175. The molecule has 35 heavy (non-hydrogen) atoms. The summed E-state index contributed by atoms with van der Waals surface area (Å²) in [6, 6.07) is 9.96. The number of carbonyl (C=O) groups is 1. The number of hydrogen-bond donors (Lipinski definition) is 0. The Bertz CT molecular complexity index is 1230. The van der Waals surface area contributed by atoms with Crippen LogP contribution < -0.4 is 19.4 Å². The van der Waals surface area contributed by atoms with Gasteiger partial charge in [-0.2, -0.15) is 5.26 Å². The highest BCUT2D eigenvalue weighted by atomic mass is 19.1. The van der Waals surface area contributed by atoms with Crippen LogP contribution in [0.25, 0.3) is 0 Å². The molecule has 11 heteroatoms. The average Bonchev–Trinajstić information content (AvgIpc) is 3.28. The van der Waals surface area contributed by atoms with Gasteiger partial charge in [-0.3, -0.25) is 9.88 Å². The minimum Gasteiger partial charge on any atom is -0.474 e. The molecule has 0 aliphatic carbocycles. The SMILES string of the molecule is N#Cc1ccc(N2CCN(c3ccc(N4C(=O)OC[C@H]4COc4cnccn4)cc3F)CC2)nc1. The van der Waals surface area contributed by atoms with Crippen molar-refractivity contribution >= 4 is 23.3 Å².